The van der Waals surface area contributed by atoms with Gasteiger partial charge in [-0.3, -0.25) is 9.52 Å². The van der Waals surface area contributed by atoms with Crippen molar-refractivity contribution in [1.29, 1.82) is 0 Å². The summed E-state index contributed by atoms with van der Waals surface area (Å²) >= 11 is 5.61. The predicted octanol–water partition coefficient (Wildman–Crippen LogP) is 3.71. The number of sulfonamides is 1. The third kappa shape index (κ3) is 3.13. The molecule has 0 saturated heterocycles. The molecule has 0 bridgehead atoms. The fourth-order valence-electron chi connectivity index (χ4n) is 2.12. The second-order valence-electron chi connectivity index (χ2n) is 4.80. The molecule has 4 nitrogen and oxygen atoms in total. The van der Waals surface area contributed by atoms with E-state index in [-0.39, 0.29) is 10.7 Å². The summed E-state index contributed by atoms with van der Waals surface area (Å²) in [4.78, 5) is 10.4. The van der Waals surface area contributed by atoms with Crippen molar-refractivity contribution in [2.75, 3.05) is 4.72 Å². The highest BCUT2D eigenvalue weighted by atomic mass is 35.5. The molecule has 0 heterocycles. The van der Waals surface area contributed by atoms with E-state index in [4.69, 9.17) is 11.6 Å². The summed E-state index contributed by atoms with van der Waals surface area (Å²) < 4.78 is 40.7. The van der Waals surface area contributed by atoms with E-state index in [1.807, 2.05) is 0 Å². The Kier molecular flexibility index (Phi) is 4.53. The Balaban J connectivity index is 2.46. The molecule has 116 valence electrons. The summed E-state index contributed by atoms with van der Waals surface area (Å²) in [6.45, 7) is 3.38. The van der Waals surface area contributed by atoms with Crippen molar-refractivity contribution in [3.05, 3.63) is 57.9 Å². The molecule has 0 aliphatic carbocycles. The van der Waals surface area contributed by atoms with Crippen LogP contribution in [0.2, 0.25) is 5.02 Å². The lowest BCUT2D eigenvalue weighted by Gasteiger charge is -2.12. The lowest BCUT2D eigenvalue weighted by molar-refractivity contribution is 0.112. The maximum absolute atomic E-state index is 13.9. The fourth-order valence-corrected chi connectivity index (χ4v) is 3.49. The van der Waals surface area contributed by atoms with E-state index in [1.54, 1.807) is 13.8 Å². The van der Waals surface area contributed by atoms with Crippen molar-refractivity contribution in [3.8, 4) is 0 Å². The van der Waals surface area contributed by atoms with E-state index in [0.717, 1.165) is 6.07 Å². The lowest BCUT2D eigenvalue weighted by Crippen LogP contribution is -2.15. The number of anilines is 1. The van der Waals surface area contributed by atoms with Crippen LogP contribution in [0.5, 0.6) is 0 Å². The number of aldehydes is 1. The number of hydrogen-bond donors (Lipinski definition) is 1. The molecule has 0 aliphatic heterocycles. The first-order chi connectivity index (χ1) is 10.3. The van der Waals surface area contributed by atoms with Crippen LogP contribution in [0.15, 0.2) is 35.2 Å². The highest BCUT2D eigenvalue weighted by Crippen LogP contribution is 2.25. The molecule has 2 rings (SSSR count). The molecule has 1 N–H and O–H groups in total. The Morgan fingerprint density at radius 3 is 2.32 bits per heavy atom. The molecule has 22 heavy (non-hydrogen) atoms. The Bertz CT molecular complexity index is 827. The van der Waals surface area contributed by atoms with Gasteiger partial charge in [0.25, 0.3) is 10.0 Å². The van der Waals surface area contributed by atoms with E-state index in [9.17, 15) is 17.6 Å². The Morgan fingerprint density at radius 1 is 1.18 bits per heavy atom. The van der Waals surface area contributed by atoms with Crippen LogP contribution in [-0.4, -0.2) is 14.7 Å². The molecule has 0 amide bonds. The minimum Gasteiger partial charge on any atom is -0.298 e. The summed E-state index contributed by atoms with van der Waals surface area (Å²) in [7, 11) is -4.12. The number of halogens is 2. The van der Waals surface area contributed by atoms with Gasteiger partial charge < -0.3 is 0 Å². The minimum atomic E-state index is -4.12. The number of hydrogen-bond acceptors (Lipinski definition) is 3. The van der Waals surface area contributed by atoms with Gasteiger partial charge in [0.2, 0.25) is 0 Å². The molecule has 2 aromatic rings. The number of benzene rings is 2. The van der Waals surface area contributed by atoms with Crippen molar-refractivity contribution in [2.45, 2.75) is 18.7 Å². The molecule has 0 aliphatic rings. The zero-order valence-electron chi connectivity index (χ0n) is 11.9. The van der Waals surface area contributed by atoms with Gasteiger partial charge in [0, 0.05) is 11.3 Å². The standard InChI is InChI=1S/C15H13ClFNO3S/c1-9-6-11(7-10(2)12(9)8-19)18-22(20,21)14-5-3-4-13(16)15(14)17/h3-8,18H,1-2H3. The number of carbonyl (C=O) groups excluding carboxylic acids is 1. The van der Waals surface area contributed by atoms with Crippen LogP contribution in [0, 0.1) is 19.7 Å². The zero-order valence-corrected chi connectivity index (χ0v) is 13.4. The highest BCUT2D eigenvalue weighted by molar-refractivity contribution is 7.92. The number of carbonyl (C=O) groups is 1. The first-order valence-corrected chi connectivity index (χ1v) is 8.15. The van der Waals surface area contributed by atoms with E-state index >= 15 is 0 Å². The van der Waals surface area contributed by atoms with Gasteiger partial charge >= 0.3 is 0 Å². The van der Waals surface area contributed by atoms with Crippen LogP contribution < -0.4 is 4.72 Å². The molecule has 0 saturated carbocycles. The van der Waals surface area contributed by atoms with Crippen LogP contribution in [-0.2, 0) is 10.0 Å². The topological polar surface area (TPSA) is 63.2 Å². The quantitative estimate of drug-likeness (QED) is 0.862. The van der Waals surface area contributed by atoms with E-state index in [1.165, 1.54) is 24.3 Å². The molecular weight excluding hydrogens is 329 g/mol. The SMILES string of the molecule is Cc1cc(NS(=O)(=O)c2cccc(Cl)c2F)cc(C)c1C=O. The van der Waals surface area contributed by atoms with Gasteiger partial charge in [0.1, 0.15) is 4.90 Å². The van der Waals surface area contributed by atoms with E-state index in [2.05, 4.69) is 4.72 Å². The van der Waals surface area contributed by atoms with Gasteiger partial charge in [-0.1, -0.05) is 17.7 Å². The Labute approximate surface area is 133 Å². The molecule has 0 atom stereocenters. The lowest BCUT2D eigenvalue weighted by atomic mass is 10.0. The minimum absolute atomic E-state index is 0.250. The number of nitrogens with one attached hydrogen (secondary N) is 1. The van der Waals surface area contributed by atoms with Crippen molar-refractivity contribution >= 4 is 33.6 Å². The molecular formula is C15H13ClFNO3S. The zero-order chi connectivity index (χ0) is 16.5. The predicted molar refractivity (Wildman–Crippen MR) is 83.5 cm³/mol. The second kappa shape index (κ2) is 6.06. The van der Waals surface area contributed by atoms with Crippen LogP contribution >= 0.6 is 11.6 Å². The third-order valence-electron chi connectivity index (χ3n) is 3.17. The summed E-state index contributed by atoms with van der Waals surface area (Å²) in [5.74, 6) is -1.00. The summed E-state index contributed by atoms with van der Waals surface area (Å²) in [5.41, 5.74) is 2.00. The maximum atomic E-state index is 13.9. The van der Waals surface area contributed by atoms with Gasteiger partial charge in [0.05, 0.1) is 5.02 Å². The Morgan fingerprint density at radius 2 is 1.77 bits per heavy atom. The summed E-state index contributed by atoms with van der Waals surface area (Å²) in [6, 6.07) is 6.77. The van der Waals surface area contributed by atoms with Gasteiger partial charge in [0.15, 0.2) is 12.1 Å². The van der Waals surface area contributed by atoms with Crippen LogP contribution in [0.25, 0.3) is 0 Å². The van der Waals surface area contributed by atoms with E-state index in [0.29, 0.717) is 23.0 Å². The number of rotatable bonds is 4. The normalized spacial score (nSPS) is 11.3. The monoisotopic (exact) mass is 341 g/mol. The van der Waals surface area contributed by atoms with Crippen LogP contribution in [0.1, 0.15) is 21.5 Å². The largest absolute Gasteiger partial charge is 0.298 e. The molecule has 0 radical (unpaired) electrons. The molecule has 0 fully saturated rings. The molecule has 0 aromatic heterocycles. The van der Waals surface area contributed by atoms with Crippen molar-refractivity contribution in [3.63, 3.8) is 0 Å². The summed E-state index contributed by atoms with van der Waals surface area (Å²) in [5, 5.41) is -0.272. The molecule has 0 unspecified atom stereocenters. The van der Waals surface area contributed by atoms with Crippen molar-refractivity contribution < 1.29 is 17.6 Å². The average molecular weight is 342 g/mol. The van der Waals surface area contributed by atoms with Crippen LogP contribution in [0.4, 0.5) is 10.1 Å². The van der Waals surface area contributed by atoms with Gasteiger partial charge in [-0.15, -0.1) is 0 Å². The second-order valence-corrected chi connectivity index (χ2v) is 6.86. The van der Waals surface area contributed by atoms with E-state index < -0.39 is 20.7 Å². The van der Waals surface area contributed by atoms with Gasteiger partial charge in [-0.05, 0) is 49.2 Å². The Hall–Kier alpha value is -1.92. The maximum Gasteiger partial charge on any atom is 0.264 e. The first-order valence-electron chi connectivity index (χ1n) is 6.29. The average Bonchev–Trinajstić information content (AvgIpc) is 2.40. The summed E-state index contributed by atoms with van der Waals surface area (Å²) in [6.07, 6.45) is 0.708. The first kappa shape index (κ1) is 16.5. The van der Waals surface area contributed by atoms with Gasteiger partial charge in [-0.2, -0.15) is 0 Å². The smallest absolute Gasteiger partial charge is 0.264 e. The molecule has 7 heteroatoms. The molecule has 0 spiro atoms. The third-order valence-corrected chi connectivity index (χ3v) is 4.86. The van der Waals surface area contributed by atoms with Gasteiger partial charge in [-0.25, -0.2) is 12.8 Å². The number of aryl methyl sites for hydroxylation is 2. The highest BCUT2D eigenvalue weighted by Gasteiger charge is 2.21. The van der Waals surface area contributed by atoms with Crippen molar-refractivity contribution in [2.24, 2.45) is 0 Å². The van der Waals surface area contributed by atoms with Crippen LogP contribution in [0.3, 0.4) is 0 Å². The molecule has 2 aromatic carbocycles. The van der Waals surface area contributed by atoms with Crippen molar-refractivity contribution in [1.82, 2.24) is 0 Å². The fraction of sp³-hybridized carbons (Fsp3) is 0.133.